The molecule has 0 aliphatic heterocycles. The Balaban J connectivity index is 2.42. The van der Waals surface area contributed by atoms with Gasteiger partial charge in [0.25, 0.3) is 0 Å². The number of nitrogens with zero attached hydrogens (tertiary/aromatic N) is 4. The van der Waals surface area contributed by atoms with E-state index in [1.165, 1.54) is 0 Å². The number of nitrogens with one attached hydrogen (secondary N) is 2. The second-order valence-electron chi connectivity index (χ2n) is 6.64. The monoisotopic (exact) mass is 356 g/mol. The molecule has 6 nitrogen and oxygen atoms in total. The molecule has 1 rings (SSSR count). The molecule has 0 saturated heterocycles. The normalized spacial score (nSPS) is 14.4. The van der Waals surface area contributed by atoms with E-state index in [9.17, 15) is 0 Å². The summed E-state index contributed by atoms with van der Waals surface area (Å²) in [6, 6.07) is 10.8. The first-order valence-corrected chi connectivity index (χ1v) is 9.15. The van der Waals surface area contributed by atoms with Crippen molar-refractivity contribution >= 4 is 5.69 Å². The number of nitriles is 1. The largest absolute Gasteiger partial charge is 0.382 e. The molecule has 0 radical (unpaired) electrons. The molecular weight excluding hydrogens is 324 g/mol. The highest BCUT2D eigenvalue weighted by molar-refractivity contribution is 5.52. The van der Waals surface area contributed by atoms with Gasteiger partial charge in [0.1, 0.15) is 0 Å². The molecular formula is C20H32N6. The van der Waals surface area contributed by atoms with Crippen LogP contribution < -0.4 is 10.6 Å². The van der Waals surface area contributed by atoms with Gasteiger partial charge in [0, 0.05) is 37.9 Å². The van der Waals surface area contributed by atoms with Crippen molar-refractivity contribution in [3.63, 3.8) is 0 Å². The number of para-hydroxylation sites is 1. The molecule has 26 heavy (non-hydrogen) atoms. The van der Waals surface area contributed by atoms with Gasteiger partial charge in [-0.25, -0.2) is 0 Å². The van der Waals surface area contributed by atoms with Gasteiger partial charge in [-0.3, -0.25) is 5.01 Å². The van der Waals surface area contributed by atoms with E-state index in [0.717, 1.165) is 30.8 Å². The predicted octanol–water partition coefficient (Wildman–Crippen LogP) is 3.79. The van der Waals surface area contributed by atoms with E-state index < -0.39 is 0 Å². The molecule has 0 aliphatic rings. The Morgan fingerprint density at radius 2 is 2.04 bits per heavy atom. The van der Waals surface area contributed by atoms with Crippen LogP contribution in [0.25, 0.3) is 0 Å². The van der Waals surface area contributed by atoms with Crippen LogP contribution in [0.15, 0.2) is 47.3 Å². The minimum absolute atomic E-state index is 0.103. The van der Waals surface area contributed by atoms with Crippen molar-refractivity contribution in [2.75, 3.05) is 25.5 Å². The van der Waals surface area contributed by atoms with Crippen LogP contribution >= 0.6 is 0 Å². The molecule has 142 valence electrons. The summed E-state index contributed by atoms with van der Waals surface area (Å²) < 4.78 is 0. The third-order valence-corrected chi connectivity index (χ3v) is 4.27. The van der Waals surface area contributed by atoms with Crippen LogP contribution in [0.3, 0.4) is 0 Å². The van der Waals surface area contributed by atoms with Crippen LogP contribution in [0.2, 0.25) is 0 Å². The molecule has 3 atom stereocenters. The lowest BCUT2D eigenvalue weighted by atomic mass is 10.1. The molecule has 0 amide bonds. The predicted molar refractivity (Wildman–Crippen MR) is 108 cm³/mol. The Labute approximate surface area is 158 Å². The Hall–Kier alpha value is -2.39. The number of benzene rings is 1. The first-order valence-electron chi connectivity index (χ1n) is 9.15. The lowest BCUT2D eigenvalue weighted by Gasteiger charge is -2.20. The molecule has 2 unspecified atom stereocenters. The summed E-state index contributed by atoms with van der Waals surface area (Å²) in [5.41, 5.74) is 2.06. The second-order valence-corrected chi connectivity index (χ2v) is 6.64. The number of rotatable bonds is 12. The zero-order valence-electron chi connectivity index (χ0n) is 16.4. The van der Waals surface area contributed by atoms with Crippen LogP contribution in [0.5, 0.6) is 0 Å². The summed E-state index contributed by atoms with van der Waals surface area (Å²) >= 11 is 0. The molecule has 0 bridgehead atoms. The van der Waals surface area contributed by atoms with Crippen molar-refractivity contribution in [2.24, 2.45) is 10.3 Å². The van der Waals surface area contributed by atoms with Gasteiger partial charge in [0.2, 0.25) is 0 Å². The number of hydrogen-bond acceptors (Lipinski definition) is 5. The molecule has 0 aliphatic carbocycles. The van der Waals surface area contributed by atoms with E-state index in [4.69, 9.17) is 5.26 Å². The van der Waals surface area contributed by atoms with E-state index in [-0.39, 0.29) is 18.1 Å². The summed E-state index contributed by atoms with van der Waals surface area (Å²) in [7, 11) is 1.94. The Kier molecular flexibility index (Phi) is 10.0. The molecule has 6 heteroatoms. The number of anilines is 1. The average molecular weight is 357 g/mol. The van der Waals surface area contributed by atoms with E-state index in [2.05, 4.69) is 54.4 Å². The third-order valence-electron chi connectivity index (χ3n) is 4.27. The van der Waals surface area contributed by atoms with Crippen LogP contribution in [0.1, 0.15) is 32.8 Å². The lowest BCUT2D eigenvalue weighted by molar-refractivity contribution is 0.303. The fraction of sp³-hybridized carbons (Fsp3) is 0.550. The van der Waals surface area contributed by atoms with Crippen LogP contribution in [0.4, 0.5) is 5.69 Å². The van der Waals surface area contributed by atoms with Gasteiger partial charge in [0.15, 0.2) is 0 Å². The van der Waals surface area contributed by atoms with Crippen molar-refractivity contribution in [3.05, 3.63) is 42.5 Å². The van der Waals surface area contributed by atoms with Gasteiger partial charge in [0.05, 0.1) is 18.5 Å². The molecule has 0 spiro atoms. The highest BCUT2D eigenvalue weighted by Gasteiger charge is 2.10. The van der Waals surface area contributed by atoms with Crippen LogP contribution in [0, 0.1) is 11.3 Å². The molecule has 1 aromatic rings. The van der Waals surface area contributed by atoms with E-state index in [1.807, 2.05) is 42.4 Å². The van der Waals surface area contributed by atoms with E-state index in [1.54, 1.807) is 0 Å². The van der Waals surface area contributed by atoms with E-state index >= 15 is 0 Å². The van der Waals surface area contributed by atoms with Gasteiger partial charge in [-0.2, -0.15) is 10.4 Å². The molecule has 0 fully saturated rings. The summed E-state index contributed by atoms with van der Waals surface area (Å²) in [5.74, 6) is 0. The van der Waals surface area contributed by atoms with Gasteiger partial charge in [-0.05, 0) is 38.8 Å². The Morgan fingerprint density at radius 3 is 2.73 bits per heavy atom. The van der Waals surface area contributed by atoms with Crippen molar-refractivity contribution in [2.45, 2.75) is 51.7 Å². The SMILES string of the molecule is C=CCNC(C)[C@H](C)/N=N\N(C)CCC(C)Nc1ccccc1CC#N. The molecule has 0 heterocycles. The molecule has 1 aromatic carbocycles. The fourth-order valence-corrected chi connectivity index (χ4v) is 2.37. The van der Waals surface area contributed by atoms with Gasteiger partial charge in [-0.1, -0.05) is 29.5 Å². The molecule has 0 saturated carbocycles. The Bertz CT molecular complexity index is 607. The lowest BCUT2D eigenvalue weighted by Crippen LogP contribution is -2.34. The zero-order valence-corrected chi connectivity index (χ0v) is 16.4. The van der Waals surface area contributed by atoms with Crippen molar-refractivity contribution in [1.29, 1.82) is 5.26 Å². The standard InChI is InChI=1S/C20H32N6/c1-6-14-22-17(3)18(4)24-25-26(5)15-12-16(2)23-20-10-8-7-9-19(20)11-13-21/h6-10,16-18,22-23H,1,11-12,14-15H2,2-5H3/b25-24-/t16?,17?,18-/m0/s1. The minimum Gasteiger partial charge on any atom is -0.382 e. The van der Waals surface area contributed by atoms with E-state index in [0.29, 0.717) is 6.42 Å². The summed E-state index contributed by atoms with van der Waals surface area (Å²) in [5, 5.41) is 26.3. The maximum atomic E-state index is 8.93. The van der Waals surface area contributed by atoms with Gasteiger partial charge in [-0.15, -0.1) is 6.58 Å². The topological polar surface area (TPSA) is 75.8 Å². The van der Waals surface area contributed by atoms with Crippen molar-refractivity contribution in [1.82, 2.24) is 10.3 Å². The quantitative estimate of drug-likeness (QED) is 0.339. The zero-order chi connectivity index (χ0) is 19.4. The molecule has 2 N–H and O–H groups in total. The van der Waals surface area contributed by atoms with Crippen molar-refractivity contribution < 1.29 is 0 Å². The maximum Gasteiger partial charge on any atom is 0.0851 e. The maximum absolute atomic E-state index is 8.93. The second kappa shape index (κ2) is 12.0. The smallest absolute Gasteiger partial charge is 0.0851 e. The highest BCUT2D eigenvalue weighted by atomic mass is 15.5. The van der Waals surface area contributed by atoms with Gasteiger partial charge >= 0.3 is 0 Å². The molecule has 0 aromatic heterocycles. The van der Waals surface area contributed by atoms with Crippen molar-refractivity contribution in [3.8, 4) is 6.07 Å². The minimum atomic E-state index is 0.103. The van der Waals surface area contributed by atoms with Crippen LogP contribution in [-0.4, -0.2) is 43.3 Å². The highest BCUT2D eigenvalue weighted by Crippen LogP contribution is 2.17. The fourth-order valence-electron chi connectivity index (χ4n) is 2.37. The van der Waals surface area contributed by atoms with Gasteiger partial charge < -0.3 is 10.6 Å². The first-order chi connectivity index (χ1) is 12.5. The van der Waals surface area contributed by atoms with Crippen LogP contribution in [-0.2, 0) is 6.42 Å². The average Bonchev–Trinajstić information content (AvgIpc) is 2.64. The summed E-state index contributed by atoms with van der Waals surface area (Å²) in [6.45, 7) is 11.6. The summed E-state index contributed by atoms with van der Waals surface area (Å²) in [6.07, 6.45) is 3.19. The summed E-state index contributed by atoms with van der Waals surface area (Å²) in [4.78, 5) is 0. The number of hydrogen-bond donors (Lipinski definition) is 2. The first kappa shape index (κ1) is 21.7. The third kappa shape index (κ3) is 8.13. The Morgan fingerprint density at radius 1 is 1.31 bits per heavy atom.